The van der Waals surface area contributed by atoms with Gasteiger partial charge in [-0.25, -0.2) is 9.59 Å². The number of hydrogen-bond donors (Lipinski definition) is 3. The topological polar surface area (TPSA) is 187 Å². The van der Waals surface area contributed by atoms with Crippen molar-refractivity contribution in [2.24, 2.45) is 11.7 Å². The van der Waals surface area contributed by atoms with E-state index in [0.717, 1.165) is 0 Å². The molecule has 1 fully saturated rings. The summed E-state index contributed by atoms with van der Waals surface area (Å²) in [6, 6.07) is -0.623. The summed E-state index contributed by atoms with van der Waals surface area (Å²) in [4.78, 5) is 40.2. The highest BCUT2D eigenvalue weighted by Crippen LogP contribution is 2.51. The molecule has 0 spiro atoms. The Morgan fingerprint density at radius 2 is 2.06 bits per heavy atom. The molecule has 0 aromatic carbocycles. The maximum absolute atomic E-state index is 12.9. The lowest BCUT2D eigenvalue weighted by molar-refractivity contribution is -0.152. The summed E-state index contributed by atoms with van der Waals surface area (Å²) in [5, 5.41) is 2.48. The molecule has 2 heterocycles. The van der Waals surface area contributed by atoms with Gasteiger partial charge in [-0.05, 0) is 25.8 Å². The van der Waals surface area contributed by atoms with E-state index in [-0.39, 0.29) is 24.9 Å². The van der Waals surface area contributed by atoms with E-state index in [9.17, 15) is 18.9 Å². The molecule has 0 radical (unpaired) electrons. The molecule has 186 valence electrons. The van der Waals surface area contributed by atoms with Gasteiger partial charge >= 0.3 is 19.3 Å². The molecule has 5 N–H and O–H groups in total. The van der Waals surface area contributed by atoms with Crippen LogP contribution >= 0.6 is 7.60 Å². The van der Waals surface area contributed by atoms with Crippen LogP contribution in [0.4, 0.5) is 5.82 Å². The molecule has 1 aliphatic rings. The highest BCUT2D eigenvalue weighted by Gasteiger charge is 2.36. The first-order chi connectivity index (χ1) is 15.4. The summed E-state index contributed by atoms with van der Waals surface area (Å²) in [6.07, 6.45) is 0.0474. The fourth-order valence-corrected chi connectivity index (χ4v) is 4.09. The van der Waals surface area contributed by atoms with Crippen molar-refractivity contribution in [1.82, 2.24) is 14.9 Å². The lowest BCUT2D eigenvalue weighted by Crippen LogP contribution is -2.52. The van der Waals surface area contributed by atoms with E-state index in [0.29, 0.717) is 0 Å². The van der Waals surface area contributed by atoms with E-state index in [1.54, 1.807) is 27.7 Å². The van der Waals surface area contributed by atoms with Crippen molar-refractivity contribution in [2.45, 2.75) is 58.5 Å². The van der Waals surface area contributed by atoms with Gasteiger partial charge in [-0.3, -0.25) is 13.9 Å². The minimum atomic E-state index is -3.72. The van der Waals surface area contributed by atoms with Gasteiger partial charge in [0.25, 0.3) is 0 Å². The Morgan fingerprint density at radius 3 is 2.61 bits per heavy atom. The number of anilines is 1. The molecule has 1 aromatic rings. The Hall–Kier alpha value is -2.31. The van der Waals surface area contributed by atoms with Crippen molar-refractivity contribution in [1.29, 1.82) is 0 Å². The van der Waals surface area contributed by atoms with Crippen LogP contribution in [0.5, 0.6) is 0 Å². The van der Waals surface area contributed by atoms with Crippen LogP contribution in [0, 0.1) is 5.92 Å². The Morgan fingerprint density at radius 1 is 1.36 bits per heavy atom. The Labute approximate surface area is 191 Å². The van der Waals surface area contributed by atoms with Crippen LogP contribution in [-0.2, 0) is 39.2 Å². The second kappa shape index (κ2) is 11.7. The lowest BCUT2D eigenvalue weighted by Gasteiger charge is -2.30. The zero-order valence-corrected chi connectivity index (χ0v) is 20.0. The van der Waals surface area contributed by atoms with Gasteiger partial charge < -0.3 is 35.3 Å². The fourth-order valence-electron chi connectivity index (χ4n) is 2.70. The quantitative estimate of drug-likeness (QED) is 0.292. The van der Waals surface area contributed by atoms with Gasteiger partial charge in [0, 0.05) is 6.20 Å². The van der Waals surface area contributed by atoms with Crippen LogP contribution in [0.25, 0.3) is 0 Å². The van der Waals surface area contributed by atoms with Crippen molar-refractivity contribution in [3.63, 3.8) is 0 Å². The highest BCUT2D eigenvalue weighted by molar-refractivity contribution is 7.53. The van der Waals surface area contributed by atoms with Crippen LogP contribution in [0.3, 0.4) is 0 Å². The Bertz CT molecular complexity index is 925. The number of carbonyl (C=O) groups is 2. The minimum absolute atomic E-state index is 0.0990. The average molecular weight is 489 g/mol. The zero-order chi connectivity index (χ0) is 24.8. The number of nitrogens with zero attached hydrogens (tertiary/aromatic N) is 2. The maximum Gasteiger partial charge on any atom is 0.356 e. The third-order valence-corrected chi connectivity index (χ3v) is 6.18. The number of esters is 1. The van der Waals surface area contributed by atoms with Gasteiger partial charge in [-0.15, -0.1) is 0 Å². The predicted octanol–water partition coefficient (Wildman–Crippen LogP) is -0.172. The van der Waals surface area contributed by atoms with E-state index in [4.69, 9.17) is 30.0 Å². The molecule has 0 saturated carbocycles. The van der Waals surface area contributed by atoms with E-state index < -0.39 is 62.4 Å². The molecule has 14 heteroatoms. The van der Waals surface area contributed by atoms with Crippen molar-refractivity contribution in [3.05, 3.63) is 22.7 Å². The normalized spacial score (nSPS) is 22.7. The number of ether oxygens (including phenoxy) is 2. The predicted molar refractivity (Wildman–Crippen MR) is 118 cm³/mol. The molecule has 1 saturated heterocycles. The van der Waals surface area contributed by atoms with Gasteiger partial charge in [-0.1, -0.05) is 13.8 Å². The van der Waals surface area contributed by atoms with Crippen LogP contribution < -0.4 is 22.5 Å². The van der Waals surface area contributed by atoms with Gasteiger partial charge in [0.2, 0.25) is 5.91 Å². The van der Waals surface area contributed by atoms with Crippen molar-refractivity contribution in [3.8, 4) is 0 Å². The summed E-state index contributed by atoms with van der Waals surface area (Å²) >= 11 is 0. The number of carbonyl (C=O) groups excluding carboxylic acids is 2. The zero-order valence-electron chi connectivity index (χ0n) is 19.1. The van der Waals surface area contributed by atoms with Crippen LogP contribution in [0.1, 0.15) is 27.7 Å². The second-order valence-electron chi connectivity index (χ2n) is 8.22. The first-order valence-electron chi connectivity index (χ1n) is 10.5. The Balaban J connectivity index is 1.96. The summed E-state index contributed by atoms with van der Waals surface area (Å²) in [5.41, 5.74) is 10.7. The monoisotopic (exact) mass is 489 g/mol. The Kier molecular flexibility index (Phi) is 9.56. The van der Waals surface area contributed by atoms with Gasteiger partial charge in [0.15, 0.2) is 6.04 Å². The standard InChI is InChI=1S/C19H32N5O8P/c1-11(2)16(21)17(25)22-14(18(26)32-12(3)4)9-31-33(28)10-29-13(8-30-33)7-24-6-5-15(20)23-19(24)27/h5-6,11-14,16H,7-10,21H2,1-4H3,(H,22,25)(H2,20,23,27)/t13-,14-,16?,33?/m0/s1. The first kappa shape index (κ1) is 26.9. The van der Waals surface area contributed by atoms with Gasteiger partial charge in [-0.2, -0.15) is 4.98 Å². The first-order valence-corrected chi connectivity index (χ1v) is 12.2. The average Bonchev–Trinajstić information content (AvgIpc) is 2.73. The van der Waals surface area contributed by atoms with E-state index >= 15 is 0 Å². The maximum atomic E-state index is 12.9. The highest BCUT2D eigenvalue weighted by atomic mass is 31.2. The summed E-state index contributed by atoms with van der Waals surface area (Å²) in [5.74, 6) is -1.39. The largest absolute Gasteiger partial charge is 0.461 e. The molecular formula is C19H32N5O8P. The lowest BCUT2D eigenvalue weighted by atomic mass is 10.0. The molecule has 0 bridgehead atoms. The van der Waals surface area contributed by atoms with Crippen molar-refractivity contribution >= 4 is 25.3 Å². The summed E-state index contributed by atoms with van der Waals surface area (Å²) < 4.78 is 35.6. The molecule has 0 aliphatic carbocycles. The molecule has 1 amide bonds. The number of hydrogen-bond acceptors (Lipinski definition) is 11. The van der Waals surface area contributed by atoms with Gasteiger partial charge in [0.1, 0.15) is 18.3 Å². The fraction of sp³-hybridized carbons (Fsp3) is 0.684. The molecule has 4 atom stereocenters. The number of nitrogens with one attached hydrogen (secondary N) is 1. The number of nitrogens with two attached hydrogens (primary N) is 2. The van der Waals surface area contributed by atoms with E-state index in [1.165, 1.54) is 16.8 Å². The number of rotatable bonds is 10. The van der Waals surface area contributed by atoms with E-state index in [1.807, 2.05) is 0 Å². The van der Waals surface area contributed by atoms with Crippen molar-refractivity contribution < 1.29 is 32.7 Å². The molecule has 2 unspecified atom stereocenters. The van der Waals surface area contributed by atoms with Crippen LogP contribution in [0.15, 0.2) is 17.1 Å². The summed E-state index contributed by atoms with van der Waals surface area (Å²) in [6.45, 7) is 6.35. The summed E-state index contributed by atoms with van der Waals surface area (Å²) in [7, 11) is -3.72. The molecule has 13 nitrogen and oxygen atoms in total. The smallest absolute Gasteiger partial charge is 0.356 e. The molecule has 2 rings (SSSR count). The van der Waals surface area contributed by atoms with E-state index in [2.05, 4.69) is 10.3 Å². The number of aromatic nitrogens is 2. The molecule has 1 aromatic heterocycles. The van der Waals surface area contributed by atoms with Crippen molar-refractivity contribution in [2.75, 3.05) is 25.3 Å². The molecular weight excluding hydrogens is 457 g/mol. The molecule has 33 heavy (non-hydrogen) atoms. The van der Waals surface area contributed by atoms with Crippen LogP contribution in [0.2, 0.25) is 0 Å². The van der Waals surface area contributed by atoms with Crippen LogP contribution in [-0.4, -0.2) is 65.3 Å². The molecule has 1 aliphatic heterocycles. The minimum Gasteiger partial charge on any atom is -0.461 e. The third-order valence-electron chi connectivity index (χ3n) is 4.63. The number of nitrogen functional groups attached to an aromatic ring is 1. The number of amides is 1. The SMILES string of the molecule is CC(C)OC(=O)[C@H](COP1(=O)CO[C@@H](Cn2ccc(N)nc2=O)CO1)NC(=O)C(N)C(C)C. The third kappa shape index (κ3) is 8.20. The van der Waals surface area contributed by atoms with Gasteiger partial charge in [0.05, 0.1) is 31.9 Å². The second-order valence-corrected chi connectivity index (χ2v) is 10.2.